The van der Waals surface area contributed by atoms with E-state index in [1.54, 1.807) is 29.2 Å². The topological polar surface area (TPSA) is 122 Å². The highest BCUT2D eigenvalue weighted by Crippen LogP contribution is 2.28. The molecule has 0 aliphatic carbocycles. The number of nitrogens with zero attached hydrogens (tertiary/aromatic N) is 4. The van der Waals surface area contributed by atoms with Crippen molar-refractivity contribution in [1.82, 2.24) is 4.90 Å². The first-order valence-corrected chi connectivity index (χ1v) is 8.31. The van der Waals surface area contributed by atoms with Crippen molar-refractivity contribution in [2.45, 2.75) is 13.8 Å². The number of ether oxygens (including phenoxy) is 2. The standard InChI is InChI=1S/C19H19N5O3/c1-13-7-16(23-17(11-22)15(9-20)10-21)8-14(2)19(13)27-12-18(25)24-3-5-26-6-4-24/h7-8,23H,3-6,12H2,1-2H3. The highest BCUT2D eigenvalue weighted by atomic mass is 16.5. The number of carbonyl (C=O) groups is 1. The van der Waals surface area contributed by atoms with E-state index in [2.05, 4.69) is 5.32 Å². The molecule has 0 bridgehead atoms. The molecule has 0 spiro atoms. The molecule has 1 amide bonds. The maximum absolute atomic E-state index is 12.2. The lowest BCUT2D eigenvalue weighted by Crippen LogP contribution is -2.43. The molecule has 2 rings (SSSR count). The summed E-state index contributed by atoms with van der Waals surface area (Å²) in [5.74, 6) is 0.493. The average molecular weight is 365 g/mol. The van der Waals surface area contributed by atoms with Crippen LogP contribution >= 0.6 is 0 Å². The fraction of sp³-hybridized carbons (Fsp3) is 0.368. The summed E-state index contributed by atoms with van der Waals surface area (Å²) in [5, 5.41) is 29.7. The molecule has 1 aromatic rings. The van der Waals surface area contributed by atoms with Gasteiger partial charge in [-0.1, -0.05) is 0 Å². The first-order valence-electron chi connectivity index (χ1n) is 8.31. The number of benzene rings is 1. The Hall–Kier alpha value is -3.54. The first kappa shape index (κ1) is 19.8. The Morgan fingerprint density at radius 2 is 1.74 bits per heavy atom. The number of amides is 1. The van der Waals surface area contributed by atoms with Crippen molar-refractivity contribution >= 4 is 11.6 Å². The van der Waals surface area contributed by atoms with E-state index in [-0.39, 0.29) is 23.8 Å². The summed E-state index contributed by atoms with van der Waals surface area (Å²) in [6.45, 7) is 5.76. The molecule has 138 valence electrons. The molecule has 8 heteroatoms. The van der Waals surface area contributed by atoms with Gasteiger partial charge in [-0.25, -0.2) is 0 Å². The summed E-state index contributed by atoms with van der Waals surface area (Å²) < 4.78 is 10.9. The van der Waals surface area contributed by atoms with E-state index in [0.29, 0.717) is 37.7 Å². The lowest BCUT2D eigenvalue weighted by Gasteiger charge is -2.27. The van der Waals surface area contributed by atoms with E-state index < -0.39 is 0 Å². The van der Waals surface area contributed by atoms with E-state index in [4.69, 9.17) is 25.3 Å². The molecule has 0 radical (unpaired) electrons. The minimum absolute atomic E-state index is 0.0647. The number of anilines is 1. The second kappa shape index (κ2) is 9.24. The Labute approximate surface area is 157 Å². The van der Waals surface area contributed by atoms with Gasteiger partial charge in [-0.15, -0.1) is 0 Å². The van der Waals surface area contributed by atoms with Gasteiger partial charge in [0.1, 0.15) is 29.7 Å². The van der Waals surface area contributed by atoms with Gasteiger partial charge < -0.3 is 19.7 Å². The molecular weight excluding hydrogens is 346 g/mol. The fourth-order valence-corrected chi connectivity index (χ4v) is 2.72. The average Bonchev–Trinajstić information content (AvgIpc) is 2.67. The summed E-state index contributed by atoms with van der Waals surface area (Å²) in [6.07, 6.45) is 0. The number of hydrogen-bond acceptors (Lipinski definition) is 7. The van der Waals surface area contributed by atoms with Crippen molar-refractivity contribution in [3.05, 3.63) is 34.5 Å². The van der Waals surface area contributed by atoms with Crippen LogP contribution in [-0.4, -0.2) is 43.7 Å². The summed E-state index contributed by atoms with van der Waals surface area (Å²) in [5.41, 5.74) is 1.68. The van der Waals surface area contributed by atoms with Crippen molar-refractivity contribution in [3.8, 4) is 24.0 Å². The van der Waals surface area contributed by atoms with Crippen LogP contribution in [0.2, 0.25) is 0 Å². The Morgan fingerprint density at radius 1 is 1.15 bits per heavy atom. The SMILES string of the molecule is Cc1cc(NC(C#N)=C(C#N)C#N)cc(C)c1OCC(=O)N1CCOCC1. The van der Waals surface area contributed by atoms with Crippen molar-refractivity contribution < 1.29 is 14.3 Å². The third-order valence-electron chi connectivity index (χ3n) is 4.02. The van der Waals surface area contributed by atoms with Crippen molar-refractivity contribution in [1.29, 1.82) is 15.8 Å². The highest BCUT2D eigenvalue weighted by Gasteiger charge is 2.18. The number of morpholine rings is 1. The Morgan fingerprint density at radius 3 is 2.26 bits per heavy atom. The molecule has 1 aliphatic heterocycles. The van der Waals surface area contributed by atoms with Gasteiger partial charge in [-0.2, -0.15) is 15.8 Å². The molecule has 1 N–H and O–H groups in total. The Kier molecular flexibility index (Phi) is 6.77. The minimum atomic E-state index is -0.288. The Balaban J connectivity index is 2.12. The van der Waals surface area contributed by atoms with Crippen molar-refractivity contribution in [2.24, 2.45) is 0 Å². The van der Waals surface area contributed by atoms with Crippen LogP contribution in [0.5, 0.6) is 5.75 Å². The second-order valence-electron chi connectivity index (χ2n) is 5.93. The van der Waals surface area contributed by atoms with Crippen LogP contribution in [0.4, 0.5) is 5.69 Å². The molecular formula is C19H19N5O3. The molecule has 1 aliphatic rings. The van der Waals surface area contributed by atoms with Crippen LogP contribution in [-0.2, 0) is 9.53 Å². The predicted molar refractivity (Wildman–Crippen MR) is 96.3 cm³/mol. The Bertz CT molecular complexity index is 841. The third-order valence-corrected chi connectivity index (χ3v) is 4.02. The van der Waals surface area contributed by atoms with Crippen LogP contribution in [0.15, 0.2) is 23.4 Å². The third kappa shape index (κ3) is 4.98. The van der Waals surface area contributed by atoms with Crippen LogP contribution in [0, 0.1) is 47.8 Å². The van der Waals surface area contributed by atoms with Crippen LogP contribution in [0.1, 0.15) is 11.1 Å². The predicted octanol–water partition coefficient (Wildman–Crippen LogP) is 1.78. The maximum Gasteiger partial charge on any atom is 0.260 e. The number of carbonyl (C=O) groups excluding carboxylic acids is 1. The van der Waals surface area contributed by atoms with Gasteiger partial charge in [0.25, 0.3) is 5.91 Å². The van der Waals surface area contributed by atoms with E-state index in [0.717, 1.165) is 11.1 Å². The van der Waals surface area contributed by atoms with E-state index >= 15 is 0 Å². The molecule has 1 aromatic carbocycles. The molecule has 8 nitrogen and oxygen atoms in total. The van der Waals surface area contributed by atoms with E-state index in [9.17, 15) is 4.79 Å². The normalized spacial score (nSPS) is 12.9. The lowest BCUT2D eigenvalue weighted by atomic mass is 10.1. The van der Waals surface area contributed by atoms with Crippen LogP contribution in [0.3, 0.4) is 0 Å². The molecule has 1 heterocycles. The number of hydrogen-bond donors (Lipinski definition) is 1. The van der Waals surface area contributed by atoms with Crippen LogP contribution in [0.25, 0.3) is 0 Å². The molecule has 27 heavy (non-hydrogen) atoms. The lowest BCUT2D eigenvalue weighted by molar-refractivity contribution is -0.137. The zero-order valence-corrected chi connectivity index (χ0v) is 15.2. The molecule has 1 saturated heterocycles. The molecule has 0 aromatic heterocycles. The largest absolute Gasteiger partial charge is 0.483 e. The maximum atomic E-state index is 12.2. The second-order valence-corrected chi connectivity index (χ2v) is 5.93. The molecule has 1 fully saturated rings. The number of aryl methyl sites for hydroxylation is 2. The smallest absolute Gasteiger partial charge is 0.260 e. The van der Waals surface area contributed by atoms with Crippen molar-refractivity contribution in [3.63, 3.8) is 0 Å². The summed E-state index contributed by atoms with van der Waals surface area (Å²) in [6, 6.07) is 8.64. The first-order chi connectivity index (χ1) is 13.0. The number of rotatable bonds is 5. The zero-order valence-electron chi connectivity index (χ0n) is 15.2. The van der Waals surface area contributed by atoms with Gasteiger partial charge in [0, 0.05) is 18.8 Å². The van der Waals surface area contributed by atoms with Crippen LogP contribution < -0.4 is 10.1 Å². The van der Waals surface area contributed by atoms with Gasteiger partial charge in [0.05, 0.1) is 13.2 Å². The molecule has 0 atom stereocenters. The summed E-state index contributed by atoms with van der Waals surface area (Å²) >= 11 is 0. The summed E-state index contributed by atoms with van der Waals surface area (Å²) in [7, 11) is 0. The van der Waals surface area contributed by atoms with Gasteiger partial charge in [0.15, 0.2) is 12.2 Å². The summed E-state index contributed by atoms with van der Waals surface area (Å²) in [4.78, 5) is 13.9. The molecule has 0 saturated carbocycles. The van der Waals surface area contributed by atoms with Gasteiger partial charge in [-0.05, 0) is 37.1 Å². The van der Waals surface area contributed by atoms with Gasteiger partial charge >= 0.3 is 0 Å². The van der Waals surface area contributed by atoms with Gasteiger partial charge in [-0.3, -0.25) is 4.79 Å². The zero-order chi connectivity index (χ0) is 19.8. The van der Waals surface area contributed by atoms with E-state index in [1.807, 2.05) is 19.9 Å². The highest BCUT2D eigenvalue weighted by molar-refractivity contribution is 5.78. The number of nitriles is 3. The van der Waals surface area contributed by atoms with Crippen molar-refractivity contribution in [2.75, 3.05) is 38.2 Å². The number of allylic oxidation sites excluding steroid dienone is 2. The minimum Gasteiger partial charge on any atom is -0.483 e. The quantitative estimate of drug-likeness (QED) is 0.789. The number of nitrogens with one attached hydrogen (secondary N) is 1. The molecule has 0 unspecified atom stereocenters. The van der Waals surface area contributed by atoms with Gasteiger partial charge in [0.2, 0.25) is 0 Å². The monoisotopic (exact) mass is 365 g/mol. The fourth-order valence-electron chi connectivity index (χ4n) is 2.72. The van der Waals surface area contributed by atoms with E-state index in [1.165, 1.54) is 0 Å².